The summed E-state index contributed by atoms with van der Waals surface area (Å²) < 4.78 is 27.8. The molecule has 2 aromatic carbocycles. The van der Waals surface area contributed by atoms with Crippen LogP contribution in [0.2, 0.25) is 0 Å². The van der Waals surface area contributed by atoms with Crippen molar-refractivity contribution in [2.45, 2.75) is 25.2 Å². The molecule has 0 bridgehead atoms. The number of anilines is 1. The van der Waals surface area contributed by atoms with Crippen LogP contribution in [0.1, 0.15) is 27.9 Å². The van der Waals surface area contributed by atoms with E-state index in [0.717, 1.165) is 30.6 Å². The Balaban J connectivity index is 0.00000280. The fourth-order valence-electron chi connectivity index (χ4n) is 3.03. The zero-order valence-electron chi connectivity index (χ0n) is 16.1. The Bertz CT molecular complexity index is 922. The number of nitrogens with zero attached hydrogens (tertiary/aromatic N) is 1. The second-order valence-electron chi connectivity index (χ2n) is 6.82. The summed E-state index contributed by atoms with van der Waals surface area (Å²) in [5, 5.41) is 3.26. The van der Waals surface area contributed by atoms with Crippen LogP contribution in [0, 0.1) is 13.8 Å². The highest BCUT2D eigenvalue weighted by Gasteiger charge is 2.19. The number of sulfonamides is 1. The second-order valence-corrected chi connectivity index (χ2v) is 8.51. The first-order chi connectivity index (χ1) is 12.9. The van der Waals surface area contributed by atoms with Crippen molar-refractivity contribution >= 4 is 34.0 Å². The molecular weight excluding hydrogens is 398 g/mol. The van der Waals surface area contributed by atoms with Crippen molar-refractivity contribution in [2.75, 3.05) is 30.9 Å². The fraction of sp³-hybridized carbons (Fsp3) is 0.350. The zero-order chi connectivity index (χ0) is 19.4. The highest BCUT2D eigenvalue weighted by atomic mass is 35.5. The van der Waals surface area contributed by atoms with Crippen LogP contribution < -0.4 is 10.0 Å². The molecule has 2 aromatic rings. The molecule has 1 aliphatic heterocycles. The molecule has 0 aliphatic carbocycles. The molecule has 1 amide bonds. The van der Waals surface area contributed by atoms with E-state index in [4.69, 9.17) is 0 Å². The summed E-state index contributed by atoms with van der Waals surface area (Å²) in [5.41, 5.74) is 3.14. The van der Waals surface area contributed by atoms with E-state index in [9.17, 15) is 13.2 Å². The molecule has 1 fully saturated rings. The van der Waals surface area contributed by atoms with Gasteiger partial charge in [-0.2, -0.15) is 0 Å². The first-order valence-corrected chi connectivity index (χ1v) is 10.6. The molecule has 1 aliphatic rings. The Labute approximate surface area is 172 Å². The number of rotatable bonds is 4. The van der Waals surface area contributed by atoms with E-state index in [1.165, 1.54) is 12.1 Å². The Morgan fingerprint density at radius 3 is 2.39 bits per heavy atom. The molecule has 28 heavy (non-hydrogen) atoms. The Kier molecular flexibility index (Phi) is 7.46. The summed E-state index contributed by atoms with van der Waals surface area (Å²) in [7, 11) is -3.70. The van der Waals surface area contributed by atoms with Crippen molar-refractivity contribution in [3.63, 3.8) is 0 Å². The third kappa shape index (κ3) is 5.25. The molecular formula is C20H26ClN3O3S. The van der Waals surface area contributed by atoms with E-state index in [1.54, 1.807) is 29.2 Å². The second kappa shape index (κ2) is 9.41. The van der Waals surface area contributed by atoms with Gasteiger partial charge in [0.2, 0.25) is 0 Å². The lowest BCUT2D eigenvalue weighted by Gasteiger charge is -2.20. The van der Waals surface area contributed by atoms with Gasteiger partial charge in [-0.3, -0.25) is 9.52 Å². The summed E-state index contributed by atoms with van der Waals surface area (Å²) in [6, 6.07) is 11.5. The van der Waals surface area contributed by atoms with Crippen molar-refractivity contribution in [2.24, 2.45) is 0 Å². The van der Waals surface area contributed by atoms with Crippen LogP contribution >= 0.6 is 12.4 Å². The van der Waals surface area contributed by atoms with E-state index in [1.807, 2.05) is 19.9 Å². The number of hydrogen-bond acceptors (Lipinski definition) is 4. The fourth-order valence-corrected chi connectivity index (χ4v) is 4.08. The quantitative estimate of drug-likeness (QED) is 0.792. The molecule has 0 spiro atoms. The summed E-state index contributed by atoms with van der Waals surface area (Å²) in [4.78, 5) is 14.5. The number of carbonyl (C=O) groups excluding carboxylic acids is 1. The monoisotopic (exact) mass is 423 g/mol. The van der Waals surface area contributed by atoms with Gasteiger partial charge in [-0.25, -0.2) is 8.42 Å². The zero-order valence-corrected chi connectivity index (χ0v) is 17.7. The van der Waals surface area contributed by atoms with Crippen LogP contribution in [0.15, 0.2) is 47.4 Å². The summed E-state index contributed by atoms with van der Waals surface area (Å²) in [6.45, 7) is 6.96. The van der Waals surface area contributed by atoms with Crippen LogP contribution in [0.3, 0.4) is 0 Å². The number of aryl methyl sites for hydroxylation is 2. The van der Waals surface area contributed by atoms with Crippen LogP contribution in [-0.2, 0) is 10.0 Å². The van der Waals surface area contributed by atoms with Crippen LogP contribution in [-0.4, -0.2) is 45.4 Å². The van der Waals surface area contributed by atoms with Gasteiger partial charge < -0.3 is 10.2 Å². The molecule has 2 N–H and O–H groups in total. The van der Waals surface area contributed by atoms with Crippen molar-refractivity contribution in [1.82, 2.24) is 10.2 Å². The largest absolute Gasteiger partial charge is 0.337 e. The topological polar surface area (TPSA) is 78.5 Å². The minimum absolute atomic E-state index is 0. The molecule has 0 atom stereocenters. The summed E-state index contributed by atoms with van der Waals surface area (Å²) in [6.07, 6.45) is 0.915. The number of hydrogen-bond donors (Lipinski definition) is 2. The van der Waals surface area contributed by atoms with Crippen molar-refractivity contribution in [3.8, 4) is 0 Å². The van der Waals surface area contributed by atoms with Crippen LogP contribution in [0.5, 0.6) is 0 Å². The van der Waals surface area contributed by atoms with Crippen molar-refractivity contribution in [3.05, 3.63) is 59.2 Å². The Morgan fingerprint density at radius 2 is 1.71 bits per heavy atom. The first-order valence-electron chi connectivity index (χ1n) is 9.07. The maximum atomic E-state index is 12.6. The number of amides is 1. The Morgan fingerprint density at radius 1 is 1.00 bits per heavy atom. The minimum atomic E-state index is -3.70. The van der Waals surface area contributed by atoms with Gasteiger partial charge >= 0.3 is 0 Å². The Hall–Kier alpha value is -2.09. The number of benzene rings is 2. The lowest BCUT2D eigenvalue weighted by molar-refractivity contribution is 0.0766. The van der Waals surface area contributed by atoms with Gasteiger partial charge in [-0.15, -0.1) is 12.4 Å². The van der Waals surface area contributed by atoms with Crippen LogP contribution in [0.25, 0.3) is 0 Å². The molecule has 6 nitrogen and oxygen atoms in total. The summed E-state index contributed by atoms with van der Waals surface area (Å²) in [5.74, 6) is -0.0650. The molecule has 0 radical (unpaired) electrons. The third-order valence-electron chi connectivity index (χ3n) is 4.80. The molecule has 152 valence electrons. The van der Waals surface area contributed by atoms with Crippen molar-refractivity contribution < 1.29 is 13.2 Å². The van der Waals surface area contributed by atoms with E-state index >= 15 is 0 Å². The predicted octanol–water partition coefficient (Wildman–Crippen LogP) is 2.96. The normalized spacial score (nSPS) is 14.7. The smallest absolute Gasteiger partial charge is 0.261 e. The van der Waals surface area contributed by atoms with Crippen LogP contribution in [0.4, 0.5) is 5.69 Å². The summed E-state index contributed by atoms with van der Waals surface area (Å²) >= 11 is 0. The number of halogens is 1. The molecule has 0 saturated carbocycles. The maximum absolute atomic E-state index is 12.6. The molecule has 0 aromatic heterocycles. The highest BCUT2D eigenvalue weighted by molar-refractivity contribution is 7.92. The van der Waals surface area contributed by atoms with Gasteiger partial charge in [-0.05, 0) is 74.3 Å². The van der Waals surface area contributed by atoms with Gasteiger partial charge in [-0.1, -0.05) is 6.07 Å². The van der Waals surface area contributed by atoms with Gasteiger partial charge in [0.05, 0.1) is 4.90 Å². The van der Waals surface area contributed by atoms with E-state index in [2.05, 4.69) is 10.0 Å². The maximum Gasteiger partial charge on any atom is 0.261 e. The van der Waals surface area contributed by atoms with E-state index in [0.29, 0.717) is 24.3 Å². The minimum Gasteiger partial charge on any atom is -0.337 e. The standard InChI is InChI=1S/C20H25N3O3S.ClH/c1-15-4-7-18(14-16(15)2)22-27(25,26)19-8-5-17(6-9-19)20(24)23-12-3-10-21-11-13-23;/h4-9,14,21-22H,3,10-13H2,1-2H3;1H. The number of carbonyl (C=O) groups is 1. The molecule has 1 heterocycles. The van der Waals surface area contributed by atoms with Gasteiger partial charge in [0, 0.05) is 30.9 Å². The average molecular weight is 424 g/mol. The van der Waals surface area contributed by atoms with E-state index < -0.39 is 10.0 Å². The van der Waals surface area contributed by atoms with Crippen molar-refractivity contribution in [1.29, 1.82) is 0 Å². The lowest BCUT2D eigenvalue weighted by atomic mass is 10.1. The molecule has 3 rings (SSSR count). The lowest BCUT2D eigenvalue weighted by Crippen LogP contribution is -2.34. The molecule has 1 saturated heterocycles. The SMILES string of the molecule is Cc1ccc(NS(=O)(=O)c2ccc(C(=O)N3CCCNCC3)cc2)cc1C.Cl. The van der Waals surface area contributed by atoms with Gasteiger partial charge in [0.1, 0.15) is 0 Å². The van der Waals surface area contributed by atoms with Gasteiger partial charge in [0.15, 0.2) is 0 Å². The average Bonchev–Trinajstić information content (AvgIpc) is 2.93. The molecule has 0 unspecified atom stereocenters. The highest BCUT2D eigenvalue weighted by Crippen LogP contribution is 2.20. The molecule has 8 heteroatoms. The first kappa shape index (κ1) is 22.2. The van der Waals surface area contributed by atoms with E-state index in [-0.39, 0.29) is 23.2 Å². The predicted molar refractivity (Wildman–Crippen MR) is 114 cm³/mol. The third-order valence-corrected chi connectivity index (χ3v) is 6.20. The van der Waals surface area contributed by atoms with Gasteiger partial charge in [0.25, 0.3) is 15.9 Å². The number of nitrogens with one attached hydrogen (secondary N) is 2.